The van der Waals surface area contributed by atoms with Crippen molar-refractivity contribution in [2.24, 2.45) is 0 Å². The number of nitrogens with one attached hydrogen (secondary N) is 1. The Kier molecular flexibility index (Phi) is 7.52. The minimum Gasteiger partial charge on any atom is -0.368 e. The van der Waals surface area contributed by atoms with Crippen molar-refractivity contribution in [3.8, 4) is 0 Å². The highest BCUT2D eigenvalue weighted by Crippen LogP contribution is 2.36. The summed E-state index contributed by atoms with van der Waals surface area (Å²) in [4.78, 5) is 36.4. The number of Topliss-reactive ketones (excluding diaryl/α,β-unsaturated/α-hetero) is 1. The fourth-order valence-corrected chi connectivity index (χ4v) is 6.56. The molecule has 0 unspecified atom stereocenters. The van der Waals surface area contributed by atoms with Crippen LogP contribution in [0, 0.1) is 20.8 Å². The number of amides is 1. The van der Waals surface area contributed by atoms with Crippen LogP contribution in [-0.4, -0.2) is 47.3 Å². The molecule has 7 nitrogen and oxygen atoms in total. The van der Waals surface area contributed by atoms with Crippen molar-refractivity contribution in [1.82, 2.24) is 9.38 Å². The molecule has 1 saturated heterocycles. The van der Waals surface area contributed by atoms with E-state index >= 15 is 0 Å². The number of carbonyl (C=O) groups excluding carboxylic acids is 2. The van der Waals surface area contributed by atoms with Gasteiger partial charge in [-0.15, -0.1) is 0 Å². The molecule has 2 fully saturated rings. The molecule has 41 heavy (non-hydrogen) atoms. The van der Waals surface area contributed by atoms with Crippen molar-refractivity contribution in [1.29, 1.82) is 0 Å². The Balaban J connectivity index is 1.15. The number of rotatable bonds is 6. The molecule has 7 heteroatoms. The number of nitrogens with zero attached hydrogens (tertiary/aromatic N) is 4. The minimum absolute atomic E-state index is 0.322. The second-order valence-corrected chi connectivity index (χ2v) is 11.7. The fourth-order valence-electron chi connectivity index (χ4n) is 6.56. The van der Waals surface area contributed by atoms with Crippen molar-refractivity contribution in [3.63, 3.8) is 0 Å². The van der Waals surface area contributed by atoms with E-state index in [1.54, 1.807) is 0 Å². The van der Waals surface area contributed by atoms with E-state index in [0.717, 1.165) is 72.9 Å². The van der Waals surface area contributed by atoms with E-state index in [9.17, 15) is 9.59 Å². The lowest BCUT2D eigenvalue weighted by molar-refractivity contribution is -0.112. The molecule has 3 aromatic heterocycles. The van der Waals surface area contributed by atoms with Crippen LogP contribution in [0.25, 0.3) is 5.52 Å². The lowest BCUT2D eigenvalue weighted by Crippen LogP contribution is -2.46. The molecular formula is C34H39N5O2. The molecule has 4 heterocycles. The van der Waals surface area contributed by atoms with Gasteiger partial charge >= 0.3 is 0 Å². The molecule has 0 bridgehead atoms. The molecule has 212 valence electrons. The van der Waals surface area contributed by atoms with Crippen LogP contribution < -0.4 is 15.1 Å². The summed E-state index contributed by atoms with van der Waals surface area (Å²) in [5.41, 5.74) is 7.49. The first-order valence-electron chi connectivity index (χ1n) is 14.9. The molecule has 0 atom stereocenters. The van der Waals surface area contributed by atoms with Crippen LogP contribution in [0.4, 0.5) is 17.2 Å². The van der Waals surface area contributed by atoms with Gasteiger partial charge in [-0.25, -0.2) is 4.98 Å². The van der Waals surface area contributed by atoms with Gasteiger partial charge in [0, 0.05) is 55.0 Å². The Bertz CT molecular complexity index is 1570. The molecule has 6 rings (SSSR count). The molecule has 1 aromatic carbocycles. The van der Waals surface area contributed by atoms with E-state index in [0.29, 0.717) is 17.3 Å². The summed E-state index contributed by atoms with van der Waals surface area (Å²) in [5.74, 6) is 0.304. The summed E-state index contributed by atoms with van der Waals surface area (Å²) < 4.78 is 1.88. The Morgan fingerprint density at radius 3 is 2.34 bits per heavy atom. The number of hydrogen-bond donors (Lipinski definition) is 1. The SMILES string of the molecule is Cc1cc(C)nc(N2CCN(c3ccc(NC(=O)C(=O)c4c(C5CCCCC5)cc5ccccn45)c(C)c3)CC2)c1. The number of hydrogen-bond acceptors (Lipinski definition) is 5. The maximum atomic E-state index is 13.7. The molecule has 1 N–H and O–H groups in total. The smallest absolute Gasteiger partial charge is 0.298 e. The molecular weight excluding hydrogens is 510 g/mol. The maximum absolute atomic E-state index is 13.7. The van der Waals surface area contributed by atoms with E-state index in [2.05, 4.69) is 46.3 Å². The Hall–Kier alpha value is -4.13. The van der Waals surface area contributed by atoms with Crippen molar-refractivity contribution >= 4 is 34.4 Å². The van der Waals surface area contributed by atoms with Crippen LogP contribution in [0.15, 0.2) is 60.8 Å². The van der Waals surface area contributed by atoms with Gasteiger partial charge in [-0.1, -0.05) is 25.3 Å². The number of fused-ring (bicyclic) bond motifs is 1. The summed E-state index contributed by atoms with van der Waals surface area (Å²) in [7, 11) is 0. The van der Waals surface area contributed by atoms with Crippen LogP contribution >= 0.6 is 0 Å². The summed E-state index contributed by atoms with van der Waals surface area (Å²) in [6, 6.07) is 18.3. The third kappa shape index (κ3) is 5.58. The van der Waals surface area contributed by atoms with Gasteiger partial charge in [0.15, 0.2) is 0 Å². The average Bonchev–Trinajstić information content (AvgIpc) is 3.37. The Labute approximate surface area is 242 Å². The number of carbonyl (C=O) groups is 2. The zero-order chi connectivity index (χ0) is 28.5. The second-order valence-electron chi connectivity index (χ2n) is 11.7. The minimum atomic E-state index is -0.587. The number of ketones is 1. The molecule has 1 saturated carbocycles. The summed E-state index contributed by atoms with van der Waals surface area (Å²) in [6.45, 7) is 9.72. The first kappa shape index (κ1) is 27.1. The van der Waals surface area contributed by atoms with Crippen LogP contribution in [0.3, 0.4) is 0 Å². The summed E-state index contributed by atoms with van der Waals surface area (Å²) >= 11 is 0. The Morgan fingerprint density at radius 1 is 0.854 bits per heavy atom. The number of anilines is 3. The highest BCUT2D eigenvalue weighted by Gasteiger charge is 2.29. The number of pyridine rings is 2. The Morgan fingerprint density at radius 2 is 1.61 bits per heavy atom. The zero-order valence-electron chi connectivity index (χ0n) is 24.3. The number of aromatic nitrogens is 2. The largest absolute Gasteiger partial charge is 0.368 e. The van der Waals surface area contributed by atoms with Gasteiger partial charge < -0.3 is 19.5 Å². The van der Waals surface area contributed by atoms with Gasteiger partial charge in [-0.05, 0) is 105 Å². The summed E-state index contributed by atoms with van der Waals surface area (Å²) in [5, 5.41) is 2.93. The molecule has 1 aliphatic carbocycles. The molecule has 2 aliphatic rings. The van der Waals surface area contributed by atoms with Gasteiger partial charge in [0.05, 0.1) is 0 Å². The zero-order valence-corrected chi connectivity index (χ0v) is 24.3. The molecule has 1 aliphatic heterocycles. The van der Waals surface area contributed by atoms with E-state index in [1.165, 1.54) is 24.8 Å². The average molecular weight is 550 g/mol. The quantitative estimate of drug-likeness (QED) is 0.221. The van der Waals surface area contributed by atoms with Crippen LogP contribution in [0.2, 0.25) is 0 Å². The monoisotopic (exact) mass is 549 g/mol. The number of piperazine rings is 1. The van der Waals surface area contributed by atoms with E-state index in [-0.39, 0.29) is 0 Å². The standard InChI is InChI=1S/C34H39N5O2/c1-23-19-25(3)35-31(20-23)38-17-15-37(16-18-38)27-12-13-30(24(2)21-27)36-34(41)33(40)32-29(26-9-5-4-6-10-26)22-28-11-7-8-14-39(28)32/h7-8,11-14,19-22,26H,4-6,9-10,15-18H2,1-3H3,(H,36,41). The van der Waals surface area contributed by atoms with E-state index in [4.69, 9.17) is 4.98 Å². The van der Waals surface area contributed by atoms with Crippen LogP contribution in [0.5, 0.6) is 0 Å². The van der Waals surface area contributed by atoms with Gasteiger partial charge in [0.25, 0.3) is 11.7 Å². The molecule has 1 amide bonds. The highest BCUT2D eigenvalue weighted by atomic mass is 16.2. The van der Waals surface area contributed by atoms with Crippen molar-refractivity contribution in [2.75, 3.05) is 41.3 Å². The topological polar surface area (TPSA) is 70.0 Å². The van der Waals surface area contributed by atoms with Gasteiger partial charge in [-0.2, -0.15) is 0 Å². The lowest BCUT2D eigenvalue weighted by atomic mass is 9.83. The molecule has 0 spiro atoms. The van der Waals surface area contributed by atoms with Crippen LogP contribution in [-0.2, 0) is 4.79 Å². The van der Waals surface area contributed by atoms with Crippen molar-refractivity contribution in [2.45, 2.75) is 58.8 Å². The van der Waals surface area contributed by atoms with Gasteiger partial charge in [0.1, 0.15) is 11.5 Å². The van der Waals surface area contributed by atoms with Gasteiger partial charge in [-0.3, -0.25) is 9.59 Å². The highest BCUT2D eigenvalue weighted by molar-refractivity contribution is 6.46. The molecule has 4 aromatic rings. The van der Waals surface area contributed by atoms with Gasteiger partial charge in [0.2, 0.25) is 0 Å². The van der Waals surface area contributed by atoms with Crippen molar-refractivity contribution in [3.05, 3.63) is 88.9 Å². The number of benzene rings is 1. The van der Waals surface area contributed by atoms with E-state index < -0.39 is 11.7 Å². The third-order valence-electron chi connectivity index (χ3n) is 8.69. The number of aryl methyl sites for hydroxylation is 3. The first-order chi connectivity index (χ1) is 19.9. The maximum Gasteiger partial charge on any atom is 0.298 e. The second kappa shape index (κ2) is 11.4. The van der Waals surface area contributed by atoms with Crippen molar-refractivity contribution < 1.29 is 9.59 Å². The van der Waals surface area contributed by atoms with Crippen LogP contribution in [0.1, 0.15) is 70.9 Å². The first-order valence-corrected chi connectivity index (χ1v) is 14.9. The normalized spacial score (nSPS) is 16.3. The van der Waals surface area contributed by atoms with E-state index in [1.807, 2.05) is 54.8 Å². The molecule has 0 radical (unpaired) electrons. The summed E-state index contributed by atoms with van der Waals surface area (Å²) in [6.07, 6.45) is 7.59. The fraction of sp³-hybridized carbons (Fsp3) is 0.382. The predicted octanol–water partition coefficient (Wildman–Crippen LogP) is 6.46. The third-order valence-corrected chi connectivity index (χ3v) is 8.69. The lowest BCUT2D eigenvalue weighted by Gasteiger charge is -2.37. The predicted molar refractivity (Wildman–Crippen MR) is 165 cm³/mol.